The maximum Gasteiger partial charge on any atom is 0.0402 e. The molecule has 76 valence electrons. The molecule has 16 heavy (non-hydrogen) atoms. The highest BCUT2D eigenvalue weighted by atomic mass is 79.9. The number of hydrogen-bond acceptors (Lipinski definition) is 1. The zero-order chi connectivity index (χ0) is 11.3. The Labute approximate surface area is 107 Å². The highest BCUT2D eigenvalue weighted by molar-refractivity contribution is 9.10. The van der Waals surface area contributed by atoms with Crippen LogP contribution in [0.1, 0.15) is 11.1 Å². The summed E-state index contributed by atoms with van der Waals surface area (Å²) in [7, 11) is 0. The van der Waals surface area contributed by atoms with Crippen molar-refractivity contribution in [3.05, 3.63) is 59.8 Å². The predicted octanol–water partition coefficient (Wildman–Crippen LogP) is 4.94. The molecule has 0 N–H and O–H groups in total. The van der Waals surface area contributed by atoms with Crippen molar-refractivity contribution in [3.63, 3.8) is 0 Å². The van der Waals surface area contributed by atoms with Crippen LogP contribution in [-0.4, -0.2) is 0 Å². The molecule has 3 rings (SSSR count). The maximum atomic E-state index is 6.05. The second-order valence-corrected chi connectivity index (χ2v) is 5.54. The molecule has 0 saturated carbocycles. The molecule has 3 aromatic rings. The van der Waals surface area contributed by atoms with Crippen LogP contribution in [0.15, 0.2) is 34.8 Å². The summed E-state index contributed by atoms with van der Waals surface area (Å²) < 4.78 is 3.15. The van der Waals surface area contributed by atoms with Gasteiger partial charge in [0.25, 0.3) is 0 Å². The van der Waals surface area contributed by atoms with Crippen molar-refractivity contribution in [2.24, 2.45) is 0 Å². The highest BCUT2D eigenvalue weighted by Gasteiger charge is 2.09. The quantitative estimate of drug-likeness (QED) is 0.549. The van der Waals surface area contributed by atoms with Gasteiger partial charge in [-0.05, 0) is 17.2 Å². The maximum absolute atomic E-state index is 6.05. The van der Waals surface area contributed by atoms with E-state index in [4.69, 9.17) is 13.8 Å². The molecule has 0 amide bonds. The first kappa shape index (κ1) is 10.3. The first-order valence-corrected chi connectivity index (χ1v) is 6.44. The monoisotopic (exact) mass is 286 g/mol. The largest absolute Gasteiger partial charge is 0.135 e. The standard InChI is InChI=1S/C14H7BrS/c1-8-4-3-5-10-11-6-7-12(15)9(2)14(11)16-13(8)10/h1-7H. The zero-order valence-electron chi connectivity index (χ0n) is 8.33. The molecule has 4 radical (unpaired) electrons. The van der Waals surface area contributed by atoms with Crippen LogP contribution >= 0.6 is 27.3 Å². The van der Waals surface area contributed by atoms with Crippen LogP contribution in [0.5, 0.6) is 0 Å². The average molecular weight is 287 g/mol. The fourth-order valence-corrected chi connectivity index (χ4v) is 3.53. The van der Waals surface area contributed by atoms with Crippen molar-refractivity contribution in [1.29, 1.82) is 0 Å². The van der Waals surface area contributed by atoms with Gasteiger partial charge < -0.3 is 0 Å². The lowest BCUT2D eigenvalue weighted by Crippen LogP contribution is -1.74. The Morgan fingerprint density at radius 3 is 2.50 bits per heavy atom. The van der Waals surface area contributed by atoms with Crippen LogP contribution in [-0.2, 0) is 0 Å². The molecule has 0 bridgehead atoms. The smallest absolute Gasteiger partial charge is 0.0402 e. The Kier molecular flexibility index (Phi) is 2.30. The number of thiophene rings is 1. The predicted molar refractivity (Wildman–Crippen MR) is 73.8 cm³/mol. The van der Waals surface area contributed by atoms with E-state index in [1.54, 1.807) is 11.3 Å². The van der Waals surface area contributed by atoms with Crippen molar-refractivity contribution >= 4 is 47.4 Å². The number of hydrogen-bond donors (Lipinski definition) is 0. The van der Waals surface area contributed by atoms with Gasteiger partial charge in [-0.15, -0.1) is 11.3 Å². The van der Waals surface area contributed by atoms with Crippen LogP contribution in [0.4, 0.5) is 0 Å². The fourth-order valence-electron chi connectivity index (χ4n) is 1.88. The Morgan fingerprint density at radius 1 is 0.938 bits per heavy atom. The Balaban J connectivity index is 2.60. The highest BCUT2D eigenvalue weighted by Crippen LogP contribution is 2.39. The lowest BCUT2D eigenvalue weighted by molar-refractivity contribution is 1.67. The first-order valence-electron chi connectivity index (χ1n) is 4.83. The molecule has 0 unspecified atom stereocenters. The third kappa shape index (κ3) is 1.33. The lowest BCUT2D eigenvalue weighted by Gasteiger charge is -1.98. The third-order valence-electron chi connectivity index (χ3n) is 2.68. The van der Waals surface area contributed by atoms with Gasteiger partial charge in [-0.1, -0.05) is 40.2 Å². The number of fused-ring (bicyclic) bond motifs is 3. The third-order valence-corrected chi connectivity index (χ3v) is 4.68. The van der Waals surface area contributed by atoms with Crippen LogP contribution < -0.4 is 0 Å². The van der Waals surface area contributed by atoms with Gasteiger partial charge in [0, 0.05) is 38.5 Å². The van der Waals surface area contributed by atoms with E-state index in [-0.39, 0.29) is 0 Å². The summed E-state index contributed by atoms with van der Waals surface area (Å²) in [6.45, 7) is 12.0. The van der Waals surface area contributed by atoms with Gasteiger partial charge in [0.2, 0.25) is 0 Å². The van der Waals surface area contributed by atoms with E-state index < -0.39 is 0 Å². The normalized spacial score (nSPS) is 11.4. The molecular formula is C14H7BrS. The van der Waals surface area contributed by atoms with Crippen LogP contribution in [0.25, 0.3) is 20.2 Å². The molecule has 2 heteroatoms. The molecular weight excluding hydrogens is 280 g/mol. The van der Waals surface area contributed by atoms with E-state index in [0.717, 1.165) is 25.0 Å². The average Bonchev–Trinajstić information content (AvgIpc) is 2.65. The second-order valence-electron chi connectivity index (χ2n) is 3.66. The van der Waals surface area contributed by atoms with E-state index in [0.29, 0.717) is 0 Å². The summed E-state index contributed by atoms with van der Waals surface area (Å²) >= 11 is 5.09. The summed E-state index contributed by atoms with van der Waals surface area (Å²) in [6.07, 6.45) is 0. The summed E-state index contributed by atoms with van der Waals surface area (Å²) in [6, 6.07) is 10.0. The minimum Gasteiger partial charge on any atom is -0.135 e. The van der Waals surface area contributed by atoms with Crippen molar-refractivity contribution < 1.29 is 0 Å². The topological polar surface area (TPSA) is 0 Å². The van der Waals surface area contributed by atoms with Crippen LogP contribution in [0.2, 0.25) is 0 Å². The Hall–Kier alpha value is -0.860. The molecule has 0 atom stereocenters. The van der Waals surface area contributed by atoms with Crippen molar-refractivity contribution in [1.82, 2.24) is 0 Å². The Morgan fingerprint density at radius 2 is 1.69 bits per heavy atom. The molecule has 0 nitrogen and oxygen atoms in total. The zero-order valence-corrected chi connectivity index (χ0v) is 10.7. The molecule has 0 fully saturated rings. The van der Waals surface area contributed by atoms with Gasteiger partial charge >= 0.3 is 0 Å². The fraction of sp³-hybridized carbons (Fsp3) is 0. The molecule has 2 aromatic carbocycles. The van der Waals surface area contributed by atoms with Crippen molar-refractivity contribution in [3.8, 4) is 0 Å². The molecule has 1 aromatic heterocycles. The molecule has 0 aliphatic heterocycles. The summed E-state index contributed by atoms with van der Waals surface area (Å²) in [4.78, 5) is 0. The Bertz CT molecular complexity index is 695. The van der Waals surface area contributed by atoms with Crippen LogP contribution in [0.3, 0.4) is 0 Å². The van der Waals surface area contributed by atoms with Crippen molar-refractivity contribution in [2.75, 3.05) is 0 Å². The summed E-state index contributed by atoms with van der Waals surface area (Å²) in [5, 5.41) is 2.35. The van der Waals surface area contributed by atoms with Crippen LogP contribution in [0, 0.1) is 13.8 Å². The van der Waals surface area contributed by atoms with E-state index in [1.165, 1.54) is 10.8 Å². The van der Waals surface area contributed by atoms with E-state index >= 15 is 0 Å². The molecule has 0 aliphatic carbocycles. The molecule has 1 heterocycles. The molecule has 0 aliphatic rings. The van der Waals surface area contributed by atoms with E-state index in [9.17, 15) is 0 Å². The lowest BCUT2D eigenvalue weighted by atomic mass is 10.1. The molecule has 0 spiro atoms. The summed E-state index contributed by atoms with van der Waals surface area (Å²) in [5.74, 6) is 0. The minimum absolute atomic E-state index is 0.790. The van der Waals surface area contributed by atoms with Gasteiger partial charge in [0.05, 0.1) is 0 Å². The van der Waals surface area contributed by atoms with Gasteiger partial charge in [-0.25, -0.2) is 0 Å². The van der Waals surface area contributed by atoms with E-state index in [2.05, 4.69) is 28.1 Å². The second kappa shape index (κ2) is 3.57. The van der Waals surface area contributed by atoms with Gasteiger partial charge in [-0.3, -0.25) is 0 Å². The number of rotatable bonds is 0. The first-order chi connectivity index (χ1) is 7.68. The van der Waals surface area contributed by atoms with Gasteiger partial charge in [0.15, 0.2) is 0 Å². The van der Waals surface area contributed by atoms with E-state index in [1.807, 2.05) is 18.2 Å². The van der Waals surface area contributed by atoms with Gasteiger partial charge in [0.1, 0.15) is 0 Å². The number of benzene rings is 2. The summed E-state index contributed by atoms with van der Waals surface area (Å²) in [5.41, 5.74) is 1.60. The minimum atomic E-state index is 0.790. The molecule has 0 saturated heterocycles. The number of halogens is 1. The van der Waals surface area contributed by atoms with Crippen molar-refractivity contribution in [2.45, 2.75) is 0 Å². The van der Waals surface area contributed by atoms with Gasteiger partial charge in [-0.2, -0.15) is 0 Å². The SMILES string of the molecule is [CH]c1cccc2c1sc1c([CH])c(Br)ccc12.